The van der Waals surface area contributed by atoms with E-state index in [2.05, 4.69) is 53.1 Å². The quantitative estimate of drug-likeness (QED) is 0.259. The van der Waals surface area contributed by atoms with Crippen molar-refractivity contribution in [1.29, 1.82) is 0 Å². The normalized spacial score (nSPS) is 14.4. The molecule has 184 valence electrons. The maximum atomic E-state index is 12.9. The first-order valence-corrected chi connectivity index (χ1v) is 13.9. The van der Waals surface area contributed by atoms with Crippen LogP contribution in [0.3, 0.4) is 0 Å². The molecule has 1 heterocycles. The summed E-state index contributed by atoms with van der Waals surface area (Å²) in [5, 5.41) is 2.49. The van der Waals surface area contributed by atoms with Gasteiger partial charge in [-0.05, 0) is 110 Å². The number of amides is 3. The molecule has 0 radical (unpaired) electrons. The Morgan fingerprint density at radius 3 is 2.39 bits per heavy atom. The van der Waals surface area contributed by atoms with Crippen LogP contribution in [-0.4, -0.2) is 28.6 Å². The van der Waals surface area contributed by atoms with Gasteiger partial charge in [0.25, 0.3) is 17.1 Å². The van der Waals surface area contributed by atoms with Crippen LogP contribution in [0, 0.1) is 6.92 Å². The number of thioether (sulfide) groups is 1. The number of hydrogen-bond donors (Lipinski definition) is 1. The highest BCUT2D eigenvalue weighted by Gasteiger charge is 2.35. The first kappa shape index (κ1) is 26.7. The molecule has 1 saturated heterocycles. The molecule has 4 rings (SSSR count). The number of carbonyl (C=O) groups is 3. The van der Waals surface area contributed by atoms with Gasteiger partial charge in [0.05, 0.1) is 20.4 Å². The first-order valence-electron chi connectivity index (χ1n) is 10.7. The molecular formula is C26H19Br3N2O4S. The van der Waals surface area contributed by atoms with Crippen LogP contribution in [0.15, 0.2) is 79.0 Å². The maximum absolute atomic E-state index is 12.9. The molecule has 1 aliphatic heterocycles. The average Bonchev–Trinajstić information content (AvgIpc) is 3.07. The molecule has 3 aromatic rings. The number of nitrogens with one attached hydrogen (secondary N) is 1. The molecule has 1 fully saturated rings. The van der Waals surface area contributed by atoms with Gasteiger partial charge in [0.2, 0.25) is 0 Å². The van der Waals surface area contributed by atoms with Crippen molar-refractivity contribution >= 4 is 88.4 Å². The van der Waals surface area contributed by atoms with Crippen LogP contribution >= 0.6 is 59.6 Å². The number of nitrogens with zero attached hydrogens (tertiary/aromatic N) is 1. The summed E-state index contributed by atoms with van der Waals surface area (Å²) in [6.45, 7) is 1.98. The van der Waals surface area contributed by atoms with Crippen LogP contribution in [-0.2, 0) is 16.1 Å². The van der Waals surface area contributed by atoms with Crippen LogP contribution in [0.25, 0.3) is 6.08 Å². The Labute approximate surface area is 237 Å². The van der Waals surface area contributed by atoms with E-state index in [9.17, 15) is 14.4 Å². The lowest BCUT2D eigenvalue weighted by atomic mass is 10.2. The van der Waals surface area contributed by atoms with Gasteiger partial charge in [0.1, 0.15) is 5.75 Å². The van der Waals surface area contributed by atoms with Crippen molar-refractivity contribution in [1.82, 2.24) is 4.90 Å². The Kier molecular flexibility index (Phi) is 8.71. The van der Waals surface area contributed by atoms with Gasteiger partial charge in [-0.15, -0.1) is 0 Å². The van der Waals surface area contributed by atoms with Gasteiger partial charge in [0.15, 0.2) is 6.61 Å². The van der Waals surface area contributed by atoms with E-state index >= 15 is 0 Å². The summed E-state index contributed by atoms with van der Waals surface area (Å²) in [7, 11) is 0. The number of ether oxygens (including phenoxy) is 1. The fraction of sp³-hybridized carbons (Fsp3) is 0.115. The van der Waals surface area contributed by atoms with Crippen LogP contribution in [0.5, 0.6) is 5.75 Å². The van der Waals surface area contributed by atoms with Gasteiger partial charge in [-0.3, -0.25) is 19.3 Å². The first-order chi connectivity index (χ1) is 17.2. The van der Waals surface area contributed by atoms with E-state index in [0.29, 0.717) is 30.9 Å². The predicted molar refractivity (Wildman–Crippen MR) is 153 cm³/mol. The van der Waals surface area contributed by atoms with Crippen molar-refractivity contribution < 1.29 is 19.1 Å². The summed E-state index contributed by atoms with van der Waals surface area (Å²) >= 11 is 11.2. The van der Waals surface area contributed by atoms with Gasteiger partial charge >= 0.3 is 0 Å². The zero-order valence-corrected chi connectivity index (χ0v) is 24.5. The Hall–Kier alpha value is -2.40. The highest BCUT2D eigenvalue weighted by Crippen LogP contribution is 2.38. The fourth-order valence-electron chi connectivity index (χ4n) is 3.42. The third kappa shape index (κ3) is 6.67. The number of aryl methyl sites for hydroxylation is 1. The minimum absolute atomic E-state index is 0.181. The van der Waals surface area contributed by atoms with Crippen molar-refractivity contribution in [3.63, 3.8) is 0 Å². The SMILES string of the molecule is Cc1cccc(NC(=O)COc2c(Br)cc(/C=C3\SC(=O)N(Cc4ccc(Br)cc4)C3=O)cc2Br)c1. The standard InChI is InChI=1S/C26H19Br3N2O4S/c1-15-3-2-4-19(9-15)30-23(32)14-35-24-20(28)10-17(11-21(24)29)12-22-25(33)31(26(34)36-22)13-16-5-7-18(27)8-6-16/h2-12H,13-14H2,1H3,(H,30,32)/b22-12-. The molecule has 0 spiro atoms. The molecular weight excluding hydrogens is 676 g/mol. The molecule has 0 bridgehead atoms. The second kappa shape index (κ2) is 11.8. The molecule has 10 heteroatoms. The lowest BCUT2D eigenvalue weighted by Crippen LogP contribution is -2.27. The van der Waals surface area contributed by atoms with E-state index in [1.54, 1.807) is 18.2 Å². The lowest BCUT2D eigenvalue weighted by molar-refractivity contribution is -0.123. The van der Waals surface area contributed by atoms with Crippen molar-refractivity contribution in [2.75, 3.05) is 11.9 Å². The van der Waals surface area contributed by atoms with E-state index in [1.807, 2.05) is 55.5 Å². The van der Waals surface area contributed by atoms with Crippen molar-refractivity contribution in [3.8, 4) is 5.75 Å². The number of benzene rings is 3. The molecule has 6 nitrogen and oxygen atoms in total. The van der Waals surface area contributed by atoms with Crippen molar-refractivity contribution in [2.24, 2.45) is 0 Å². The maximum Gasteiger partial charge on any atom is 0.293 e. The van der Waals surface area contributed by atoms with Gasteiger partial charge < -0.3 is 10.1 Å². The largest absolute Gasteiger partial charge is 0.481 e. The summed E-state index contributed by atoms with van der Waals surface area (Å²) in [5.74, 6) is -0.175. The molecule has 0 atom stereocenters. The topological polar surface area (TPSA) is 75.7 Å². The van der Waals surface area contributed by atoms with Crippen LogP contribution in [0.2, 0.25) is 0 Å². The van der Waals surface area contributed by atoms with Gasteiger partial charge in [-0.1, -0.05) is 40.2 Å². The minimum atomic E-state index is -0.340. The smallest absolute Gasteiger partial charge is 0.293 e. The second-order valence-electron chi connectivity index (χ2n) is 7.91. The van der Waals surface area contributed by atoms with Crippen LogP contribution < -0.4 is 10.1 Å². The van der Waals surface area contributed by atoms with Crippen LogP contribution in [0.1, 0.15) is 16.7 Å². The number of imide groups is 1. The summed E-state index contributed by atoms with van der Waals surface area (Å²) in [4.78, 5) is 39.2. The highest BCUT2D eigenvalue weighted by molar-refractivity contribution is 9.11. The summed E-state index contributed by atoms with van der Waals surface area (Å²) < 4.78 is 7.84. The lowest BCUT2D eigenvalue weighted by Gasteiger charge is -2.13. The number of anilines is 1. The van der Waals surface area contributed by atoms with E-state index < -0.39 is 0 Å². The number of halogens is 3. The predicted octanol–water partition coefficient (Wildman–Crippen LogP) is 7.54. The zero-order chi connectivity index (χ0) is 25.8. The summed E-state index contributed by atoms with van der Waals surface area (Å²) in [5.41, 5.74) is 3.30. The highest BCUT2D eigenvalue weighted by atomic mass is 79.9. The van der Waals surface area contributed by atoms with Crippen molar-refractivity contribution in [2.45, 2.75) is 13.5 Å². The number of hydrogen-bond acceptors (Lipinski definition) is 5. The minimum Gasteiger partial charge on any atom is -0.481 e. The zero-order valence-electron chi connectivity index (χ0n) is 18.9. The van der Waals surface area contributed by atoms with Crippen LogP contribution in [0.4, 0.5) is 10.5 Å². The molecule has 1 aliphatic rings. The average molecular weight is 695 g/mol. The van der Waals surface area contributed by atoms with Crippen molar-refractivity contribution in [3.05, 3.63) is 95.7 Å². The Morgan fingerprint density at radius 2 is 1.72 bits per heavy atom. The molecule has 0 unspecified atom stereocenters. The van der Waals surface area contributed by atoms with Gasteiger partial charge in [0, 0.05) is 10.2 Å². The van der Waals surface area contributed by atoms with E-state index in [-0.39, 0.29) is 30.2 Å². The molecule has 0 aliphatic carbocycles. The Morgan fingerprint density at radius 1 is 1.03 bits per heavy atom. The number of rotatable bonds is 7. The molecule has 0 saturated carbocycles. The molecule has 0 aromatic heterocycles. The monoisotopic (exact) mass is 692 g/mol. The third-order valence-electron chi connectivity index (χ3n) is 5.10. The molecule has 3 aromatic carbocycles. The fourth-order valence-corrected chi connectivity index (χ4v) is 5.97. The Bertz CT molecular complexity index is 1350. The van der Waals surface area contributed by atoms with E-state index in [0.717, 1.165) is 27.4 Å². The third-order valence-corrected chi connectivity index (χ3v) is 7.71. The van der Waals surface area contributed by atoms with Gasteiger partial charge in [-0.25, -0.2) is 0 Å². The molecule has 1 N–H and O–H groups in total. The second-order valence-corrected chi connectivity index (χ2v) is 11.5. The number of carbonyl (C=O) groups excluding carboxylic acids is 3. The molecule has 36 heavy (non-hydrogen) atoms. The summed E-state index contributed by atoms with van der Waals surface area (Å²) in [6.07, 6.45) is 1.66. The Balaban J connectivity index is 1.43. The van der Waals surface area contributed by atoms with E-state index in [4.69, 9.17) is 4.74 Å². The summed E-state index contributed by atoms with van der Waals surface area (Å²) in [6, 6.07) is 18.5. The van der Waals surface area contributed by atoms with E-state index in [1.165, 1.54) is 4.90 Å². The van der Waals surface area contributed by atoms with Gasteiger partial charge in [-0.2, -0.15) is 0 Å². The molecule has 3 amide bonds.